The second-order valence-corrected chi connectivity index (χ2v) is 6.16. The minimum atomic E-state index is -0.196. The van der Waals surface area contributed by atoms with E-state index in [-0.39, 0.29) is 5.91 Å². The highest BCUT2D eigenvalue weighted by molar-refractivity contribution is 9.10. The van der Waals surface area contributed by atoms with Crippen LogP contribution in [0.4, 0.5) is 17.2 Å². The van der Waals surface area contributed by atoms with Crippen LogP contribution in [0.15, 0.2) is 71.3 Å². The molecule has 0 radical (unpaired) electrons. The number of ether oxygens (including phenoxy) is 1. The molecule has 0 aliphatic heterocycles. The van der Waals surface area contributed by atoms with Gasteiger partial charge in [-0.2, -0.15) is 0 Å². The lowest BCUT2D eigenvalue weighted by atomic mass is 10.2. The molecule has 0 fully saturated rings. The lowest BCUT2D eigenvalue weighted by molar-refractivity contribution is 0.102. The van der Waals surface area contributed by atoms with Gasteiger partial charge >= 0.3 is 0 Å². The molecule has 3 aromatic rings. The van der Waals surface area contributed by atoms with E-state index in [1.165, 1.54) is 0 Å². The van der Waals surface area contributed by atoms with Crippen molar-refractivity contribution in [2.75, 3.05) is 17.7 Å². The number of nitrogens with zero attached hydrogens (tertiary/aromatic N) is 1. The number of nitrogens with one attached hydrogen (secondary N) is 2. The van der Waals surface area contributed by atoms with Crippen LogP contribution in [-0.4, -0.2) is 18.0 Å². The summed E-state index contributed by atoms with van der Waals surface area (Å²) in [6, 6.07) is 18.3. The summed E-state index contributed by atoms with van der Waals surface area (Å²) in [5.41, 5.74) is 2.10. The van der Waals surface area contributed by atoms with E-state index in [1.54, 1.807) is 25.4 Å². The standard InChI is InChI=1S/C19H16BrN3O2/c1-25-17-7-5-15(6-8-17)22-18-11-13(9-10-21-18)19(24)23-16-4-2-3-14(20)12-16/h2-12H,1H3,(H,21,22)(H,23,24). The molecule has 0 spiro atoms. The highest BCUT2D eigenvalue weighted by Crippen LogP contribution is 2.20. The summed E-state index contributed by atoms with van der Waals surface area (Å²) >= 11 is 3.39. The molecular weight excluding hydrogens is 382 g/mol. The molecule has 1 heterocycles. The smallest absolute Gasteiger partial charge is 0.255 e. The first-order valence-corrected chi connectivity index (χ1v) is 8.37. The lowest BCUT2D eigenvalue weighted by Gasteiger charge is -2.09. The molecule has 6 heteroatoms. The number of halogens is 1. The second-order valence-electron chi connectivity index (χ2n) is 5.25. The maximum atomic E-state index is 12.4. The van der Waals surface area contributed by atoms with E-state index < -0.39 is 0 Å². The fourth-order valence-corrected chi connectivity index (χ4v) is 2.63. The van der Waals surface area contributed by atoms with E-state index in [1.807, 2.05) is 48.5 Å². The van der Waals surface area contributed by atoms with Crippen molar-refractivity contribution in [3.63, 3.8) is 0 Å². The van der Waals surface area contributed by atoms with Crippen LogP contribution in [-0.2, 0) is 0 Å². The maximum absolute atomic E-state index is 12.4. The molecule has 3 rings (SSSR count). The Morgan fingerprint density at radius 2 is 1.84 bits per heavy atom. The zero-order valence-electron chi connectivity index (χ0n) is 13.5. The molecule has 0 unspecified atom stereocenters. The number of hydrogen-bond acceptors (Lipinski definition) is 4. The number of hydrogen-bond donors (Lipinski definition) is 2. The highest BCUT2D eigenvalue weighted by Gasteiger charge is 2.08. The van der Waals surface area contributed by atoms with Crippen molar-refractivity contribution in [3.05, 3.63) is 76.9 Å². The van der Waals surface area contributed by atoms with Gasteiger partial charge in [-0.25, -0.2) is 4.98 Å². The van der Waals surface area contributed by atoms with Gasteiger partial charge in [-0.15, -0.1) is 0 Å². The molecular formula is C19H16BrN3O2. The molecule has 2 N–H and O–H groups in total. The van der Waals surface area contributed by atoms with Crippen molar-refractivity contribution in [3.8, 4) is 5.75 Å². The molecule has 0 saturated carbocycles. The molecule has 0 aliphatic rings. The van der Waals surface area contributed by atoms with E-state index in [0.717, 1.165) is 21.6 Å². The Kier molecular flexibility index (Phi) is 5.30. The van der Waals surface area contributed by atoms with E-state index in [2.05, 4.69) is 31.5 Å². The molecule has 1 amide bonds. The van der Waals surface area contributed by atoms with Gasteiger partial charge in [-0.05, 0) is 54.6 Å². The fourth-order valence-electron chi connectivity index (χ4n) is 2.23. The van der Waals surface area contributed by atoms with Gasteiger partial charge in [-0.1, -0.05) is 22.0 Å². The minimum Gasteiger partial charge on any atom is -0.497 e. The van der Waals surface area contributed by atoms with Gasteiger partial charge in [0, 0.05) is 27.6 Å². The summed E-state index contributed by atoms with van der Waals surface area (Å²) in [4.78, 5) is 16.7. The summed E-state index contributed by atoms with van der Waals surface area (Å²) in [7, 11) is 1.62. The first-order valence-electron chi connectivity index (χ1n) is 7.58. The first-order chi connectivity index (χ1) is 12.1. The van der Waals surface area contributed by atoms with Crippen molar-refractivity contribution in [2.45, 2.75) is 0 Å². The van der Waals surface area contributed by atoms with Crippen LogP contribution in [0.2, 0.25) is 0 Å². The average Bonchev–Trinajstić information content (AvgIpc) is 2.62. The van der Waals surface area contributed by atoms with Crippen molar-refractivity contribution in [1.82, 2.24) is 4.98 Å². The van der Waals surface area contributed by atoms with Crippen LogP contribution in [0.1, 0.15) is 10.4 Å². The molecule has 0 saturated heterocycles. The van der Waals surface area contributed by atoms with Crippen molar-refractivity contribution >= 4 is 39.0 Å². The number of methoxy groups -OCH3 is 1. The molecule has 25 heavy (non-hydrogen) atoms. The summed E-state index contributed by atoms with van der Waals surface area (Å²) in [6.07, 6.45) is 1.60. The third kappa shape index (κ3) is 4.58. The predicted molar refractivity (Wildman–Crippen MR) is 103 cm³/mol. The summed E-state index contributed by atoms with van der Waals surface area (Å²) < 4.78 is 6.04. The van der Waals surface area contributed by atoms with E-state index in [4.69, 9.17) is 4.74 Å². The molecule has 2 aromatic carbocycles. The monoisotopic (exact) mass is 397 g/mol. The Labute approximate surface area is 154 Å². The third-order valence-corrected chi connectivity index (χ3v) is 3.96. The van der Waals surface area contributed by atoms with Gasteiger partial charge in [0.1, 0.15) is 11.6 Å². The normalized spacial score (nSPS) is 10.2. The van der Waals surface area contributed by atoms with Crippen molar-refractivity contribution in [1.29, 1.82) is 0 Å². The molecule has 1 aromatic heterocycles. The Hall–Kier alpha value is -2.86. The van der Waals surface area contributed by atoms with Crippen LogP contribution < -0.4 is 15.4 Å². The van der Waals surface area contributed by atoms with Crippen molar-refractivity contribution in [2.24, 2.45) is 0 Å². The summed E-state index contributed by atoms with van der Waals surface area (Å²) in [5.74, 6) is 1.17. The summed E-state index contributed by atoms with van der Waals surface area (Å²) in [5, 5.41) is 6.03. The average molecular weight is 398 g/mol. The van der Waals surface area contributed by atoms with E-state index in [0.29, 0.717) is 11.4 Å². The lowest BCUT2D eigenvalue weighted by Crippen LogP contribution is -2.12. The van der Waals surface area contributed by atoms with Crippen LogP contribution in [0.5, 0.6) is 5.75 Å². The number of rotatable bonds is 5. The van der Waals surface area contributed by atoms with Crippen LogP contribution in [0.25, 0.3) is 0 Å². The Balaban J connectivity index is 1.72. The van der Waals surface area contributed by atoms with E-state index >= 15 is 0 Å². The number of amides is 1. The Bertz CT molecular complexity index is 882. The predicted octanol–water partition coefficient (Wildman–Crippen LogP) is 4.85. The van der Waals surface area contributed by atoms with Gasteiger partial charge in [0.2, 0.25) is 0 Å². The third-order valence-electron chi connectivity index (χ3n) is 3.47. The molecule has 5 nitrogen and oxygen atoms in total. The topological polar surface area (TPSA) is 63.2 Å². The molecule has 0 atom stereocenters. The first kappa shape index (κ1) is 17.0. The zero-order chi connectivity index (χ0) is 17.6. The van der Waals surface area contributed by atoms with Gasteiger partial charge < -0.3 is 15.4 Å². The molecule has 126 valence electrons. The number of anilines is 3. The largest absolute Gasteiger partial charge is 0.497 e. The van der Waals surface area contributed by atoms with Gasteiger partial charge in [0.05, 0.1) is 7.11 Å². The number of aromatic nitrogens is 1. The number of benzene rings is 2. The zero-order valence-corrected chi connectivity index (χ0v) is 15.1. The highest BCUT2D eigenvalue weighted by atomic mass is 79.9. The minimum absolute atomic E-state index is 0.196. The van der Waals surface area contributed by atoms with Crippen LogP contribution in [0.3, 0.4) is 0 Å². The quantitative estimate of drug-likeness (QED) is 0.645. The van der Waals surface area contributed by atoms with Crippen molar-refractivity contribution < 1.29 is 9.53 Å². The SMILES string of the molecule is COc1ccc(Nc2cc(C(=O)Nc3cccc(Br)c3)ccn2)cc1. The van der Waals surface area contributed by atoms with Crippen LogP contribution in [0, 0.1) is 0 Å². The van der Waals surface area contributed by atoms with Gasteiger partial charge in [0.15, 0.2) is 0 Å². The maximum Gasteiger partial charge on any atom is 0.255 e. The summed E-state index contributed by atoms with van der Waals surface area (Å²) in [6.45, 7) is 0. The second kappa shape index (κ2) is 7.81. The molecule has 0 aliphatic carbocycles. The Morgan fingerprint density at radius 1 is 1.04 bits per heavy atom. The van der Waals surface area contributed by atoms with Gasteiger partial charge in [0.25, 0.3) is 5.91 Å². The number of carbonyl (C=O) groups excluding carboxylic acids is 1. The molecule has 0 bridgehead atoms. The fraction of sp³-hybridized carbons (Fsp3) is 0.0526. The Morgan fingerprint density at radius 3 is 2.56 bits per heavy atom. The van der Waals surface area contributed by atoms with E-state index in [9.17, 15) is 4.79 Å². The number of pyridine rings is 1. The number of carbonyl (C=O) groups is 1. The van der Waals surface area contributed by atoms with Gasteiger partial charge in [-0.3, -0.25) is 4.79 Å². The van der Waals surface area contributed by atoms with Crippen LogP contribution >= 0.6 is 15.9 Å².